The highest BCUT2D eigenvalue weighted by atomic mass is 15.2. The number of nitrogens with zero attached hydrogens (tertiary/aromatic N) is 1. The molecule has 2 atom stereocenters. The summed E-state index contributed by atoms with van der Waals surface area (Å²) < 4.78 is 0. The first kappa shape index (κ1) is 16.3. The lowest BCUT2D eigenvalue weighted by atomic mass is 9.70. The van der Waals surface area contributed by atoms with Gasteiger partial charge in [0.05, 0.1) is 0 Å². The number of nitrogens with one attached hydrogen (secondary N) is 1. The molecule has 2 aliphatic carbocycles. The fourth-order valence-electron chi connectivity index (χ4n) is 4.53. The zero-order valence-corrected chi connectivity index (χ0v) is 14.3. The number of hydrogen-bond donors (Lipinski definition) is 1. The van der Waals surface area contributed by atoms with Crippen LogP contribution >= 0.6 is 0 Å². The Labute approximate surface area is 126 Å². The molecule has 20 heavy (non-hydrogen) atoms. The zero-order valence-electron chi connectivity index (χ0n) is 14.3. The van der Waals surface area contributed by atoms with Crippen LogP contribution in [0.4, 0.5) is 0 Å². The van der Waals surface area contributed by atoms with Crippen molar-refractivity contribution in [1.82, 2.24) is 10.2 Å². The molecular formula is C18H36N2. The Balaban J connectivity index is 1.97. The van der Waals surface area contributed by atoms with Gasteiger partial charge in [0.25, 0.3) is 0 Å². The predicted molar refractivity (Wildman–Crippen MR) is 88.1 cm³/mol. The Morgan fingerprint density at radius 2 is 1.80 bits per heavy atom. The molecule has 2 saturated carbocycles. The lowest BCUT2D eigenvalue weighted by Gasteiger charge is -2.48. The van der Waals surface area contributed by atoms with Crippen LogP contribution in [0.15, 0.2) is 0 Å². The summed E-state index contributed by atoms with van der Waals surface area (Å²) in [6.07, 6.45) is 11.3. The Kier molecular flexibility index (Phi) is 5.92. The molecule has 2 aliphatic rings. The van der Waals surface area contributed by atoms with Gasteiger partial charge in [-0.25, -0.2) is 0 Å². The predicted octanol–water partition coefficient (Wildman–Crippen LogP) is 4.06. The van der Waals surface area contributed by atoms with E-state index < -0.39 is 0 Å². The standard InChI is InChI=1S/C18H36N2/c1-5-13-19-17-16(11-8-12-18(17,2)3)20(4)14-15-9-6-7-10-15/h15-17,19H,5-14H2,1-4H3. The zero-order chi connectivity index (χ0) is 14.6. The maximum absolute atomic E-state index is 3.88. The molecule has 2 unspecified atom stereocenters. The van der Waals surface area contributed by atoms with Crippen LogP contribution in [0.3, 0.4) is 0 Å². The van der Waals surface area contributed by atoms with E-state index in [-0.39, 0.29) is 0 Å². The molecule has 0 aliphatic heterocycles. The van der Waals surface area contributed by atoms with Crippen molar-refractivity contribution in [3.8, 4) is 0 Å². The van der Waals surface area contributed by atoms with E-state index in [1.54, 1.807) is 0 Å². The van der Waals surface area contributed by atoms with Crippen molar-refractivity contribution in [2.45, 2.75) is 84.2 Å². The minimum atomic E-state index is 0.446. The molecule has 0 radical (unpaired) electrons. The van der Waals surface area contributed by atoms with Crippen molar-refractivity contribution in [3.05, 3.63) is 0 Å². The van der Waals surface area contributed by atoms with Gasteiger partial charge in [0.1, 0.15) is 0 Å². The van der Waals surface area contributed by atoms with Gasteiger partial charge in [0.15, 0.2) is 0 Å². The third kappa shape index (κ3) is 3.98. The van der Waals surface area contributed by atoms with Crippen molar-refractivity contribution in [3.63, 3.8) is 0 Å². The highest BCUT2D eigenvalue weighted by Gasteiger charge is 2.40. The number of hydrogen-bond acceptors (Lipinski definition) is 2. The number of rotatable bonds is 6. The second kappa shape index (κ2) is 7.26. The van der Waals surface area contributed by atoms with Gasteiger partial charge in [-0.3, -0.25) is 0 Å². The van der Waals surface area contributed by atoms with Crippen LogP contribution in [0, 0.1) is 11.3 Å². The normalized spacial score (nSPS) is 31.1. The minimum absolute atomic E-state index is 0.446. The van der Waals surface area contributed by atoms with Crippen LogP contribution in [-0.2, 0) is 0 Å². The maximum atomic E-state index is 3.88. The Morgan fingerprint density at radius 3 is 2.45 bits per heavy atom. The summed E-state index contributed by atoms with van der Waals surface area (Å²) in [5.74, 6) is 0.969. The van der Waals surface area contributed by atoms with Crippen LogP contribution < -0.4 is 5.32 Å². The van der Waals surface area contributed by atoms with Crippen LogP contribution in [0.5, 0.6) is 0 Å². The molecule has 2 fully saturated rings. The molecular weight excluding hydrogens is 244 g/mol. The van der Waals surface area contributed by atoms with E-state index in [0.717, 1.165) is 12.0 Å². The smallest absolute Gasteiger partial charge is 0.0274 e. The van der Waals surface area contributed by atoms with Crippen molar-refractivity contribution in [1.29, 1.82) is 0 Å². The van der Waals surface area contributed by atoms with E-state index in [4.69, 9.17) is 0 Å². The summed E-state index contributed by atoms with van der Waals surface area (Å²) in [5.41, 5.74) is 0.446. The summed E-state index contributed by atoms with van der Waals surface area (Å²) in [5, 5.41) is 3.88. The highest BCUT2D eigenvalue weighted by molar-refractivity contribution is 4.97. The van der Waals surface area contributed by atoms with Crippen molar-refractivity contribution < 1.29 is 0 Å². The van der Waals surface area contributed by atoms with E-state index in [1.165, 1.54) is 64.5 Å². The van der Waals surface area contributed by atoms with Crippen molar-refractivity contribution >= 4 is 0 Å². The van der Waals surface area contributed by atoms with Gasteiger partial charge in [-0.05, 0) is 57.0 Å². The van der Waals surface area contributed by atoms with E-state index >= 15 is 0 Å². The largest absolute Gasteiger partial charge is 0.312 e. The number of likely N-dealkylation sites (N-methyl/N-ethyl adjacent to an activating group) is 1. The second-order valence-electron chi connectivity index (χ2n) is 7.97. The molecule has 0 heterocycles. The second-order valence-corrected chi connectivity index (χ2v) is 7.97. The van der Waals surface area contributed by atoms with E-state index in [0.29, 0.717) is 11.5 Å². The van der Waals surface area contributed by atoms with E-state index in [9.17, 15) is 0 Å². The van der Waals surface area contributed by atoms with Crippen LogP contribution in [-0.4, -0.2) is 37.1 Å². The molecule has 0 spiro atoms. The molecule has 0 aromatic heterocycles. The van der Waals surface area contributed by atoms with Gasteiger partial charge in [0.2, 0.25) is 0 Å². The SMILES string of the molecule is CCCNC1C(N(C)CC2CCCC2)CCCC1(C)C. The van der Waals surface area contributed by atoms with Crippen molar-refractivity contribution in [2.75, 3.05) is 20.1 Å². The highest BCUT2D eigenvalue weighted by Crippen LogP contribution is 2.38. The lowest BCUT2D eigenvalue weighted by molar-refractivity contribution is 0.0550. The third-order valence-corrected chi connectivity index (χ3v) is 5.75. The monoisotopic (exact) mass is 280 g/mol. The quantitative estimate of drug-likeness (QED) is 0.789. The summed E-state index contributed by atoms with van der Waals surface area (Å²) in [6.45, 7) is 9.71. The van der Waals surface area contributed by atoms with Crippen LogP contribution in [0.1, 0.15) is 72.1 Å². The summed E-state index contributed by atoms with van der Waals surface area (Å²) >= 11 is 0. The first-order valence-corrected chi connectivity index (χ1v) is 8.98. The first-order chi connectivity index (χ1) is 9.54. The molecule has 0 aromatic rings. The Hall–Kier alpha value is -0.0800. The third-order valence-electron chi connectivity index (χ3n) is 5.75. The summed E-state index contributed by atoms with van der Waals surface area (Å²) in [7, 11) is 2.38. The van der Waals surface area contributed by atoms with Crippen molar-refractivity contribution in [2.24, 2.45) is 11.3 Å². The average molecular weight is 280 g/mol. The van der Waals surface area contributed by atoms with Gasteiger partial charge in [-0.15, -0.1) is 0 Å². The molecule has 0 aromatic carbocycles. The van der Waals surface area contributed by atoms with Crippen LogP contribution in [0.25, 0.3) is 0 Å². The van der Waals surface area contributed by atoms with Gasteiger partial charge < -0.3 is 10.2 Å². The van der Waals surface area contributed by atoms with Crippen LogP contribution in [0.2, 0.25) is 0 Å². The minimum Gasteiger partial charge on any atom is -0.312 e. The van der Waals surface area contributed by atoms with Gasteiger partial charge >= 0.3 is 0 Å². The lowest BCUT2D eigenvalue weighted by Crippen LogP contribution is -2.58. The molecule has 2 rings (SSSR count). The molecule has 118 valence electrons. The van der Waals surface area contributed by atoms with E-state index in [1.807, 2.05) is 0 Å². The van der Waals surface area contributed by atoms with Gasteiger partial charge in [0, 0.05) is 18.6 Å². The fraction of sp³-hybridized carbons (Fsp3) is 1.00. The topological polar surface area (TPSA) is 15.3 Å². The summed E-state index contributed by atoms with van der Waals surface area (Å²) in [4.78, 5) is 2.70. The molecule has 0 amide bonds. The molecule has 0 saturated heterocycles. The summed E-state index contributed by atoms with van der Waals surface area (Å²) in [6, 6.07) is 1.41. The first-order valence-electron chi connectivity index (χ1n) is 8.98. The maximum Gasteiger partial charge on any atom is 0.0274 e. The molecule has 2 heteroatoms. The Morgan fingerprint density at radius 1 is 1.10 bits per heavy atom. The Bertz CT molecular complexity index is 281. The molecule has 1 N–H and O–H groups in total. The fourth-order valence-corrected chi connectivity index (χ4v) is 4.53. The van der Waals surface area contributed by atoms with Gasteiger partial charge in [-0.2, -0.15) is 0 Å². The average Bonchev–Trinajstić information content (AvgIpc) is 2.89. The van der Waals surface area contributed by atoms with E-state index in [2.05, 4.69) is 38.0 Å². The molecule has 2 nitrogen and oxygen atoms in total. The molecule has 0 bridgehead atoms. The van der Waals surface area contributed by atoms with Gasteiger partial charge in [-0.1, -0.05) is 40.0 Å².